The van der Waals surface area contributed by atoms with Gasteiger partial charge in [-0.25, -0.2) is 0 Å². The Bertz CT molecular complexity index is 820. The number of rotatable bonds is 3. The highest BCUT2D eigenvalue weighted by Gasteiger charge is 2.36. The Morgan fingerprint density at radius 1 is 1.29 bits per heavy atom. The number of ketones is 1. The molecule has 24 heavy (non-hydrogen) atoms. The molecule has 1 aromatic carbocycles. The molecule has 126 valence electrons. The number of fused-ring (bicyclic) bond motifs is 1. The van der Waals surface area contributed by atoms with E-state index in [-0.39, 0.29) is 22.9 Å². The number of furan rings is 1. The lowest BCUT2D eigenvalue weighted by atomic mass is 9.76. The molecule has 0 aliphatic heterocycles. The van der Waals surface area contributed by atoms with Gasteiger partial charge in [0.15, 0.2) is 11.5 Å². The van der Waals surface area contributed by atoms with Crippen LogP contribution in [-0.2, 0) is 13.0 Å². The van der Waals surface area contributed by atoms with Crippen molar-refractivity contribution in [3.63, 3.8) is 0 Å². The van der Waals surface area contributed by atoms with Gasteiger partial charge in [0.05, 0.1) is 5.56 Å². The summed E-state index contributed by atoms with van der Waals surface area (Å²) in [5.74, 6) is 0.565. The molecule has 0 saturated carbocycles. The van der Waals surface area contributed by atoms with E-state index in [1.807, 2.05) is 32.0 Å². The third-order valence-corrected chi connectivity index (χ3v) is 4.75. The minimum Gasteiger partial charge on any atom is -0.455 e. The average molecular weight is 346 g/mol. The summed E-state index contributed by atoms with van der Waals surface area (Å²) in [6.07, 6.45) is 1.13. The molecule has 4 nitrogen and oxygen atoms in total. The van der Waals surface area contributed by atoms with Crippen molar-refractivity contribution >= 4 is 23.3 Å². The first-order chi connectivity index (χ1) is 11.3. The Morgan fingerprint density at radius 2 is 2.00 bits per heavy atom. The van der Waals surface area contributed by atoms with E-state index in [9.17, 15) is 9.59 Å². The maximum atomic E-state index is 12.5. The minimum atomic E-state index is -0.326. The fourth-order valence-corrected chi connectivity index (χ4v) is 3.40. The molecular weight excluding hydrogens is 326 g/mol. The van der Waals surface area contributed by atoms with Crippen LogP contribution in [0.5, 0.6) is 0 Å². The molecule has 2 aromatic rings. The van der Waals surface area contributed by atoms with E-state index >= 15 is 0 Å². The van der Waals surface area contributed by atoms with Crippen LogP contribution < -0.4 is 5.32 Å². The summed E-state index contributed by atoms with van der Waals surface area (Å²) in [4.78, 5) is 24.8. The summed E-state index contributed by atoms with van der Waals surface area (Å²) in [5, 5.41) is 3.42. The van der Waals surface area contributed by atoms with Gasteiger partial charge in [0.25, 0.3) is 5.91 Å². The zero-order chi connectivity index (χ0) is 17.5. The summed E-state index contributed by atoms with van der Waals surface area (Å²) >= 11 is 6.10. The molecular formula is C19H20ClNO3. The molecule has 1 aliphatic rings. The topological polar surface area (TPSA) is 59.3 Å². The monoisotopic (exact) mass is 345 g/mol. The lowest BCUT2D eigenvalue weighted by Crippen LogP contribution is -2.26. The first kappa shape index (κ1) is 16.8. The fraction of sp³-hybridized carbons (Fsp3) is 0.368. The first-order valence-electron chi connectivity index (χ1n) is 7.95. The van der Waals surface area contributed by atoms with Crippen molar-refractivity contribution in [2.24, 2.45) is 5.41 Å². The molecule has 0 saturated heterocycles. The van der Waals surface area contributed by atoms with Crippen molar-refractivity contribution < 1.29 is 14.0 Å². The number of benzene rings is 1. The molecule has 0 radical (unpaired) electrons. The Balaban J connectivity index is 1.82. The quantitative estimate of drug-likeness (QED) is 0.900. The second-order valence-corrected chi connectivity index (χ2v) is 7.48. The zero-order valence-corrected chi connectivity index (χ0v) is 14.8. The van der Waals surface area contributed by atoms with E-state index in [0.29, 0.717) is 41.3 Å². The van der Waals surface area contributed by atoms with Crippen LogP contribution in [0.1, 0.15) is 58.1 Å². The standard InChI is InChI=1S/C19H20ClNO3/c1-11-16-14(22)8-19(2,3)9-15(16)24-17(11)18(23)21-10-12-6-4-5-7-13(12)20/h4-7H,8-10H2,1-3H3,(H,21,23). The molecule has 1 aromatic heterocycles. The van der Waals surface area contributed by atoms with E-state index in [1.165, 1.54) is 0 Å². The van der Waals surface area contributed by atoms with Gasteiger partial charge < -0.3 is 9.73 Å². The van der Waals surface area contributed by atoms with Crippen LogP contribution in [0.3, 0.4) is 0 Å². The van der Waals surface area contributed by atoms with Crippen LogP contribution in [0.4, 0.5) is 0 Å². The number of halogens is 1. The van der Waals surface area contributed by atoms with Gasteiger partial charge in [-0.15, -0.1) is 0 Å². The predicted octanol–water partition coefficient (Wildman–Crippen LogP) is 4.33. The number of Topliss-reactive ketones (excluding diaryl/α,β-unsaturated/α-hetero) is 1. The predicted molar refractivity (Wildman–Crippen MR) is 92.5 cm³/mol. The van der Waals surface area contributed by atoms with Crippen LogP contribution in [0.2, 0.25) is 5.02 Å². The Kier molecular flexibility index (Phi) is 4.26. The number of carbonyl (C=O) groups excluding carboxylic acids is 2. The average Bonchev–Trinajstić information content (AvgIpc) is 2.81. The van der Waals surface area contributed by atoms with E-state index in [4.69, 9.17) is 16.0 Å². The molecule has 1 amide bonds. The molecule has 1 heterocycles. The van der Waals surface area contributed by atoms with Crippen LogP contribution in [-0.4, -0.2) is 11.7 Å². The van der Waals surface area contributed by atoms with Crippen molar-refractivity contribution in [1.82, 2.24) is 5.32 Å². The molecule has 3 rings (SSSR count). The van der Waals surface area contributed by atoms with Gasteiger partial charge >= 0.3 is 0 Å². The lowest BCUT2D eigenvalue weighted by Gasteiger charge is -2.27. The number of carbonyl (C=O) groups is 2. The Morgan fingerprint density at radius 3 is 2.71 bits per heavy atom. The van der Waals surface area contributed by atoms with E-state index in [0.717, 1.165) is 5.56 Å². The summed E-state index contributed by atoms with van der Waals surface area (Å²) in [5.41, 5.74) is 1.90. The third kappa shape index (κ3) is 3.11. The van der Waals surface area contributed by atoms with Crippen LogP contribution in [0.15, 0.2) is 28.7 Å². The van der Waals surface area contributed by atoms with Crippen molar-refractivity contribution in [2.45, 2.75) is 40.2 Å². The van der Waals surface area contributed by atoms with Crippen LogP contribution >= 0.6 is 11.6 Å². The van der Waals surface area contributed by atoms with Crippen molar-refractivity contribution in [3.8, 4) is 0 Å². The van der Waals surface area contributed by atoms with Gasteiger partial charge in [0.1, 0.15) is 5.76 Å². The summed E-state index contributed by atoms with van der Waals surface area (Å²) < 4.78 is 5.76. The molecule has 1 N–H and O–H groups in total. The molecule has 0 unspecified atom stereocenters. The van der Waals surface area contributed by atoms with Crippen molar-refractivity contribution in [2.75, 3.05) is 0 Å². The van der Waals surface area contributed by atoms with E-state index in [1.54, 1.807) is 13.0 Å². The largest absolute Gasteiger partial charge is 0.455 e. The highest BCUT2D eigenvalue weighted by molar-refractivity contribution is 6.31. The summed E-state index contributed by atoms with van der Waals surface area (Å²) in [7, 11) is 0. The summed E-state index contributed by atoms with van der Waals surface area (Å²) in [6, 6.07) is 7.34. The number of hydrogen-bond donors (Lipinski definition) is 1. The van der Waals surface area contributed by atoms with Crippen molar-refractivity contribution in [1.29, 1.82) is 0 Å². The van der Waals surface area contributed by atoms with E-state index in [2.05, 4.69) is 5.32 Å². The maximum absolute atomic E-state index is 12.5. The van der Waals surface area contributed by atoms with Gasteiger partial charge in [-0.05, 0) is 24.0 Å². The number of amides is 1. The first-order valence-corrected chi connectivity index (χ1v) is 8.33. The van der Waals surface area contributed by atoms with Gasteiger partial charge in [-0.1, -0.05) is 43.6 Å². The van der Waals surface area contributed by atoms with Crippen molar-refractivity contribution in [3.05, 3.63) is 57.5 Å². The molecule has 5 heteroatoms. The van der Waals surface area contributed by atoms with Crippen LogP contribution in [0, 0.1) is 12.3 Å². The normalized spacial score (nSPS) is 15.9. The SMILES string of the molecule is Cc1c(C(=O)NCc2ccccc2Cl)oc2c1C(=O)CC(C)(C)C2. The number of hydrogen-bond acceptors (Lipinski definition) is 3. The van der Waals surface area contributed by atoms with Gasteiger partial charge in [-0.2, -0.15) is 0 Å². The second-order valence-electron chi connectivity index (χ2n) is 7.07. The van der Waals surface area contributed by atoms with Crippen LogP contribution in [0.25, 0.3) is 0 Å². The molecule has 0 atom stereocenters. The third-order valence-electron chi connectivity index (χ3n) is 4.38. The van der Waals surface area contributed by atoms with Gasteiger partial charge in [0, 0.05) is 30.0 Å². The minimum absolute atomic E-state index is 0.0488. The zero-order valence-electron chi connectivity index (χ0n) is 14.0. The van der Waals surface area contributed by atoms with E-state index < -0.39 is 0 Å². The Hall–Kier alpha value is -2.07. The lowest BCUT2D eigenvalue weighted by molar-refractivity contribution is 0.0888. The smallest absolute Gasteiger partial charge is 0.287 e. The molecule has 1 aliphatic carbocycles. The number of nitrogens with one attached hydrogen (secondary N) is 1. The highest BCUT2D eigenvalue weighted by atomic mass is 35.5. The van der Waals surface area contributed by atoms with Gasteiger partial charge in [0.2, 0.25) is 0 Å². The fourth-order valence-electron chi connectivity index (χ4n) is 3.20. The maximum Gasteiger partial charge on any atom is 0.287 e. The molecule has 0 spiro atoms. The van der Waals surface area contributed by atoms with Gasteiger partial charge in [-0.3, -0.25) is 9.59 Å². The molecule has 0 bridgehead atoms. The highest BCUT2D eigenvalue weighted by Crippen LogP contribution is 2.38. The molecule has 0 fully saturated rings. The summed E-state index contributed by atoms with van der Waals surface area (Å²) in [6.45, 7) is 6.14. The Labute approximate surface area is 146 Å². The second kappa shape index (κ2) is 6.10.